The molecule has 19 heavy (non-hydrogen) atoms. The van der Waals surface area contributed by atoms with Gasteiger partial charge in [0.1, 0.15) is 0 Å². The lowest BCUT2D eigenvalue weighted by Crippen LogP contribution is -2.49. The van der Waals surface area contributed by atoms with E-state index in [9.17, 15) is 0 Å². The number of halogens is 1. The third-order valence-corrected chi connectivity index (χ3v) is 4.21. The summed E-state index contributed by atoms with van der Waals surface area (Å²) in [7, 11) is 0. The summed E-state index contributed by atoms with van der Waals surface area (Å²) in [6.07, 6.45) is 0. The van der Waals surface area contributed by atoms with Crippen LogP contribution in [-0.4, -0.2) is 35.7 Å². The fourth-order valence-corrected chi connectivity index (χ4v) is 2.92. The molecule has 1 saturated heterocycles. The van der Waals surface area contributed by atoms with E-state index in [0.29, 0.717) is 6.04 Å². The van der Waals surface area contributed by atoms with Crippen molar-refractivity contribution in [1.29, 1.82) is 0 Å². The molecule has 1 atom stereocenters. The molecule has 2 aromatic rings. The zero-order chi connectivity index (χ0) is 12.4. The molecule has 1 unspecified atom stereocenters. The number of nitrogens with zero attached hydrogens (tertiary/aromatic N) is 2. The van der Waals surface area contributed by atoms with E-state index in [1.807, 2.05) is 6.07 Å². The molecule has 0 spiro atoms. The summed E-state index contributed by atoms with van der Waals surface area (Å²) in [5.41, 5.74) is 1.02. The van der Waals surface area contributed by atoms with Crippen molar-refractivity contribution in [3.8, 4) is 10.6 Å². The number of rotatable bonds is 3. The molecular weight excluding hydrogens is 282 g/mol. The van der Waals surface area contributed by atoms with Crippen LogP contribution in [0.3, 0.4) is 0 Å². The smallest absolute Gasteiger partial charge is 0.177 e. The van der Waals surface area contributed by atoms with Gasteiger partial charge in [-0.2, -0.15) is 0 Å². The van der Waals surface area contributed by atoms with Gasteiger partial charge in [-0.15, -0.1) is 23.7 Å². The van der Waals surface area contributed by atoms with Gasteiger partial charge in [-0.05, 0) is 18.4 Å². The largest absolute Gasteiger partial charge is 0.355 e. The minimum atomic E-state index is 0. The Labute approximate surface area is 123 Å². The first kappa shape index (κ1) is 14.5. The number of thiophene rings is 1. The minimum Gasteiger partial charge on any atom is -0.355 e. The number of hydrogen-bond donors (Lipinski definition) is 1. The van der Waals surface area contributed by atoms with Gasteiger partial charge < -0.3 is 9.84 Å². The van der Waals surface area contributed by atoms with Crippen LogP contribution in [0.4, 0.5) is 0 Å². The van der Waals surface area contributed by atoms with Crippen LogP contribution in [0.25, 0.3) is 10.6 Å². The van der Waals surface area contributed by atoms with Gasteiger partial charge in [0.15, 0.2) is 5.76 Å². The Morgan fingerprint density at radius 1 is 1.58 bits per heavy atom. The van der Waals surface area contributed by atoms with Crippen molar-refractivity contribution in [2.45, 2.75) is 19.5 Å². The minimum absolute atomic E-state index is 0. The number of piperazine rings is 1. The molecule has 0 amide bonds. The maximum Gasteiger partial charge on any atom is 0.177 e. The first-order valence-electron chi connectivity index (χ1n) is 6.27. The predicted molar refractivity (Wildman–Crippen MR) is 79.8 cm³/mol. The van der Waals surface area contributed by atoms with Crippen LogP contribution in [0, 0.1) is 0 Å². The van der Waals surface area contributed by atoms with Crippen LogP contribution in [-0.2, 0) is 6.54 Å². The Morgan fingerprint density at radius 3 is 3.21 bits per heavy atom. The quantitative estimate of drug-likeness (QED) is 0.946. The monoisotopic (exact) mass is 299 g/mol. The molecule has 104 valence electrons. The zero-order valence-corrected chi connectivity index (χ0v) is 12.5. The molecule has 4 nitrogen and oxygen atoms in total. The van der Waals surface area contributed by atoms with Crippen LogP contribution in [0.2, 0.25) is 0 Å². The number of aromatic nitrogens is 1. The normalized spacial score (nSPS) is 20.2. The molecule has 6 heteroatoms. The second-order valence-electron chi connectivity index (χ2n) is 4.68. The Balaban J connectivity index is 0.00000133. The van der Waals surface area contributed by atoms with Gasteiger partial charge in [0.05, 0.1) is 10.6 Å². The van der Waals surface area contributed by atoms with Gasteiger partial charge in [-0.1, -0.05) is 11.2 Å². The van der Waals surface area contributed by atoms with E-state index in [-0.39, 0.29) is 12.4 Å². The van der Waals surface area contributed by atoms with Crippen molar-refractivity contribution < 1.29 is 4.52 Å². The molecule has 2 aromatic heterocycles. The molecule has 1 fully saturated rings. The van der Waals surface area contributed by atoms with Gasteiger partial charge in [0, 0.05) is 38.3 Å². The first-order chi connectivity index (χ1) is 8.83. The topological polar surface area (TPSA) is 41.3 Å². The number of hydrogen-bond acceptors (Lipinski definition) is 5. The lowest BCUT2D eigenvalue weighted by atomic mass is 10.2. The molecule has 0 bridgehead atoms. The average Bonchev–Trinajstić information content (AvgIpc) is 3.02. The predicted octanol–water partition coefficient (Wildman–Crippen LogP) is 2.62. The molecule has 0 saturated carbocycles. The molecule has 0 radical (unpaired) electrons. The van der Waals surface area contributed by atoms with E-state index in [0.717, 1.165) is 42.5 Å². The second kappa shape index (κ2) is 6.52. The second-order valence-corrected chi connectivity index (χ2v) is 5.63. The summed E-state index contributed by atoms with van der Waals surface area (Å²) in [5.74, 6) is 0.878. The summed E-state index contributed by atoms with van der Waals surface area (Å²) >= 11 is 1.68. The van der Waals surface area contributed by atoms with Crippen LogP contribution in [0.5, 0.6) is 0 Å². The highest BCUT2D eigenvalue weighted by Crippen LogP contribution is 2.25. The van der Waals surface area contributed by atoms with Crippen LogP contribution in [0.15, 0.2) is 28.1 Å². The van der Waals surface area contributed by atoms with E-state index in [2.05, 4.69) is 39.8 Å². The van der Waals surface area contributed by atoms with Gasteiger partial charge in [-0.3, -0.25) is 4.90 Å². The first-order valence-corrected chi connectivity index (χ1v) is 7.15. The summed E-state index contributed by atoms with van der Waals surface area (Å²) in [6, 6.07) is 6.70. The maximum atomic E-state index is 5.40. The highest BCUT2D eigenvalue weighted by Gasteiger charge is 2.19. The van der Waals surface area contributed by atoms with Crippen molar-refractivity contribution in [2.75, 3.05) is 19.6 Å². The summed E-state index contributed by atoms with van der Waals surface area (Å²) in [5, 5.41) is 9.62. The average molecular weight is 300 g/mol. The highest BCUT2D eigenvalue weighted by molar-refractivity contribution is 7.13. The van der Waals surface area contributed by atoms with Crippen molar-refractivity contribution in [3.63, 3.8) is 0 Å². The molecule has 1 N–H and O–H groups in total. The molecule has 0 aliphatic carbocycles. The van der Waals surface area contributed by atoms with Gasteiger partial charge in [0.25, 0.3) is 0 Å². The van der Waals surface area contributed by atoms with Crippen LogP contribution in [0.1, 0.15) is 12.6 Å². The van der Waals surface area contributed by atoms with Gasteiger partial charge in [-0.25, -0.2) is 0 Å². The third-order valence-electron chi connectivity index (χ3n) is 3.33. The molecule has 1 aliphatic heterocycles. The molecule has 0 aromatic carbocycles. The van der Waals surface area contributed by atoms with Crippen molar-refractivity contribution in [2.24, 2.45) is 0 Å². The molecular formula is C13H18ClN3OS. The Morgan fingerprint density at radius 2 is 2.47 bits per heavy atom. The lowest BCUT2D eigenvalue weighted by Gasteiger charge is -2.33. The fraction of sp³-hybridized carbons (Fsp3) is 0.462. The van der Waals surface area contributed by atoms with E-state index in [4.69, 9.17) is 4.52 Å². The maximum absolute atomic E-state index is 5.40. The van der Waals surface area contributed by atoms with E-state index < -0.39 is 0 Å². The summed E-state index contributed by atoms with van der Waals surface area (Å²) in [6.45, 7) is 6.29. The van der Waals surface area contributed by atoms with Crippen molar-refractivity contribution in [1.82, 2.24) is 15.4 Å². The highest BCUT2D eigenvalue weighted by atomic mass is 35.5. The molecule has 3 heterocycles. The number of nitrogens with one attached hydrogen (secondary N) is 1. The van der Waals surface area contributed by atoms with Gasteiger partial charge in [0.2, 0.25) is 0 Å². The SMILES string of the molecule is CC1CNCCN1Cc1cc(-c2cccs2)on1.Cl. The van der Waals surface area contributed by atoms with Crippen LogP contribution < -0.4 is 5.32 Å². The Kier molecular flexibility index (Phi) is 4.99. The van der Waals surface area contributed by atoms with Crippen molar-refractivity contribution >= 4 is 23.7 Å². The Bertz CT molecular complexity index is 500. The third kappa shape index (κ3) is 3.36. The Hall–Kier alpha value is -0.880. The van der Waals surface area contributed by atoms with E-state index >= 15 is 0 Å². The van der Waals surface area contributed by atoms with Gasteiger partial charge >= 0.3 is 0 Å². The standard InChI is InChI=1S/C13H17N3OS.ClH/c1-10-8-14-4-5-16(10)9-11-7-12(17-15-11)13-3-2-6-18-13;/h2-3,6-7,10,14H,4-5,8-9H2,1H3;1H. The molecule has 1 aliphatic rings. The molecule has 3 rings (SSSR count). The van der Waals surface area contributed by atoms with Crippen molar-refractivity contribution in [3.05, 3.63) is 29.3 Å². The summed E-state index contributed by atoms with van der Waals surface area (Å²) in [4.78, 5) is 3.58. The fourth-order valence-electron chi connectivity index (χ4n) is 2.25. The van der Waals surface area contributed by atoms with E-state index in [1.54, 1.807) is 11.3 Å². The summed E-state index contributed by atoms with van der Waals surface area (Å²) < 4.78 is 5.40. The van der Waals surface area contributed by atoms with Crippen LogP contribution >= 0.6 is 23.7 Å². The van der Waals surface area contributed by atoms with E-state index in [1.165, 1.54) is 0 Å². The lowest BCUT2D eigenvalue weighted by molar-refractivity contribution is 0.161. The zero-order valence-electron chi connectivity index (χ0n) is 10.8.